The van der Waals surface area contributed by atoms with Crippen LogP contribution in [-0.4, -0.2) is 29.4 Å². The van der Waals surface area contributed by atoms with E-state index < -0.39 is 0 Å². The summed E-state index contributed by atoms with van der Waals surface area (Å²) in [6.45, 7) is 2.58. The van der Waals surface area contributed by atoms with Gasteiger partial charge < -0.3 is 10.6 Å². The van der Waals surface area contributed by atoms with E-state index in [-0.39, 0.29) is 11.9 Å². The highest BCUT2D eigenvalue weighted by molar-refractivity contribution is 5.74. The number of carbonyl (C=O) groups excluding carboxylic acids is 1. The van der Waals surface area contributed by atoms with Crippen LogP contribution in [0, 0.1) is 5.92 Å². The van der Waals surface area contributed by atoms with Crippen molar-refractivity contribution in [2.45, 2.75) is 57.5 Å². The maximum atomic E-state index is 11.4. The molecule has 0 bridgehead atoms. The van der Waals surface area contributed by atoms with Crippen molar-refractivity contribution in [2.24, 2.45) is 11.7 Å². The molecule has 1 saturated carbocycles. The maximum Gasteiger partial charge on any atom is 0.219 e. The monoisotopic (exact) mass is 210 g/mol. The van der Waals surface area contributed by atoms with Gasteiger partial charge in [0.1, 0.15) is 0 Å². The van der Waals surface area contributed by atoms with Crippen molar-refractivity contribution in [2.75, 3.05) is 6.54 Å². The number of hydrogen-bond acceptors (Lipinski definition) is 2. The lowest BCUT2D eigenvalue weighted by atomic mass is 9.91. The van der Waals surface area contributed by atoms with Gasteiger partial charge in [0.25, 0.3) is 0 Å². The first-order valence-corrected chi connectivity index (χ1v) is 6.23. The van der Waals surface area contributed by atoms with Crippen molar-refractivity contribution in [3.63, 3.8) is 0 Å². The van der Waals surface area contributed by atoms with Gasteiger partial charge in [0.15, 0.2) is 0 Å². The van der Waals surface area contributed by atoms with E-state index in [0.717, 1.165) is 19.4 Å². The molecule has 0 spiro atoms. The van der Waals surface area contributed by atoms with Crippen LogP contribution in [-0.2, 0) is 4.79 Å². The first-order chi connectivity index (χ1) is 7.20. The minimum absolute atomic E-state index is 0.200. The van der Waals surface area contributed by atoms with Crippen LogP contribution in [0.2, 0.25) is 0 Å². The molecular formula is C12H22N2O. The lowest BCUT2D eigenvalue weighted by molar-refractivity contribution is -0.130. The van der Waals surface area contributed by atoms with Crippen LogP contribution < -0.4 is 5.73 Å². The zero-order valence-electron chi connectivity index (χ0n) is 9.61. The highest BCUT2D eigenvalue weighted by Crippen LogP contribution is 2.32. The van der Waals surface area contributed by atoms with Gasteiger partial charge in [-0.25, -0.2) is 0 Å². The molecule has 3 nitrogen and oxygen atoms in total. The molecule has 2 N–H and O–H groups in total. The van der Waals surface area contributed by atoms with E-state index in [0.29, 0.717) is 12.0 Å². The zero-order valence-corrected chi connectivity index (χ0v) is 9.61. The summed E-state index contributed by atoms with van der Waals surface area (Å²) >= 11 is 0. The molecule has 0 aromatic rings. The van der Waals surface area contributed by atoms with Gasteiger partial charge >= 0.3 is 0 Å². The molecule has 15 heavy (non-hydrogen) atoms. The Kier molecular flexibility index (Phi) is 3.29. The molecule has 86 valence electrons. The Hall–Kier alpha value is -0.570. The molecule has 2 rings (SSSR count). The number of amides is 1. The molecule has 1 heterocycles. The Balaban J connectivity index is 1.98. The van der Waals surface area contributed by atoms with Gasteiger partial charge in [-0.2, -0.15) is 0 Å². The fraction of sp³-hybridized carbons (Fsp3) is 0.917. The standard InChI is InChI=1S/C12H22N2O/c1-9(15)14-8-4-7-11(14)12(13)10-5-2-3-6-10/h10-12H,2-8,13H2,1H3. The highest BCUT2D eigenvalue weighted by atomic mass is 16.2. The summed E-state index contributed by atoms with van der Waals surface area (Å²) in [7, 11) is 0. The summed E-state index contributed by atoms with van der Waals surface area (Å²) in [6.07, 6.45) is 7.42. The number of likely N-dealkylation sites (tertiary alicyclic amines) is 1. The van der Waals surface area contributed by atoms with Crippen molar-refractivity contribution in [1.82, 2.24) is 4.90 Å². The number of rotatable bonds is 2. The van der Waals surface area contributed by atoms with Gasteiger partial charge in [-0.1, -0.05) is 12.8 Å². The summed E-state index contributed by atoms with van der Waals surface area (Å²) in [6, 6.07) is 0.546. The Labute approximate surface area is 92.0 Å². The second-order valence-corrected chi connectivity index (χ2v) is 5.04. The van der Waals surface area contributed by atoms with E-state index in [1.54, 1.807) is 6.92 Å². The molecule has 1 saturated heterocycles. The van der Waals surface area contributed by atoms with Crippen molar-refractivity contribution >= 4 is 5.91 Å². The van der Waals surface area contributed by atoms with Crippen molar-refractivity contribution in [3.05, 3.63) is 0 Å². The summed E-state index contributed by atoms with van der Waals surface area (Å²) in [4.78, 5) is 13.4. The topological polar surface area (TPSA) is 46.3 Å². The molecule has 2 atom stereocenters. The quantitative estimate of drug-likeness (QED) is 0.751. The average Bonchev–Trinajstić information content (AvgIpc) is 2.88. The molecule has 1 aliphatic heterocycles. The molecule has 2 aliphatic rings. The third-order valence-corrected chi connectivity index (χ3v) is 4.09. The Morgan fingerprint density at radius 3 is 2.53 bits per heavy atom. The van der Waals surface area contributed by atoms with Gasteiger partial charge in [-0.3, -0.25) is 4.79 Å². The van der Waals surface area contributed by atoms with Gasteiger partial charge in [-0.15, -0.1) is 0 Å². The highest BCUT2D eigenvalue weighted by Gasteiger charge is 2.36. The van der Waals surface area contributed by atoms with E-state index in [2.05, 4.69) is 0 Å². The summed E-state index contributed by atoms with van der Waals surface area (Å²) in [5, 5.41) is 0. The first kappa shape index (κ1) is 10.9. The Morgan fingerprint density at radius 2 is 1.93 bits per heavy atom. The zero-order chi connectivity index (χ0) is 10.8. The van der Waals surface area contributed by atoms with Crippen LogP contribution in [0.4, 0.5) is 0 Å². The molecule has 2 fully saturated rings. The van der Waals surface area contributed by atoms with Gasteiger partial charge in [-0.05, 0) is 31.6 Å². The van der Waals surface area contributed by atoms with Crippen molar-refractivity contribution < 1.29 is 4.79 Å². The molecular weight excluding hydrogens is 188 g/mol. The predicted octanol–water partition coefficient (Wildman–Crippen LogP) is 1.51. The van der Waals surface area contributed by atoms with E-state index >= 15 is 0 Å². The SMILES string of the molecule is CC(=O)N1CCCC1C(N)C1CCCC1. The third kappa shape index (κ3) is 2.17. The summed E-state index contributed by atoms with van der Waals surface area (Å²) in [5.41, 5.74) is 6.32. The Morgan fingerprint density at radius 1 is 1.27 bits per heavy atom. The molecule has 1 aliphatic carbocycles. The van der Waals surface area contributed by atoms with E-state index in [1.807, 2.05) is 4.90 Å². The summed E-state index contributed by atoms with van der Waals surface area (Å²) in [5.74, 6) is 0.862. The Bertz CT molecular complexity index is 236. The molecule has 0 aromatic heterocycles. The lowest BCUT2D eigenvalue weighted by Crippen LogP contribution is -2.49. The third-order valence-electron chi connectivity index (χ3n) is 4.09. The molecule has 3 heteroatoms. The van der Waals surface area contributed by atoms with Crippen LogP contribution in [0.25, 0.3) is 0 Å². The van der Waals surface area contributed by atoms with Crippen LogP contribution in [0.1, 0.15) is 45.4 Å². The van der Waals surface area contributed by atoms with Gasteiger partial charge in [0.2, 0.25) is 5.91 Å². The smallest absolute Gasteiger partial charge is 0.219 e. The predicted molar refractivity (Wildman–Crippen MR) is 60.3 cm³/mol. The maximum absolute atomic E-state index is 11.4. The second-order valence-electron chi connectivity index (χ2n) is 5.04. The number of carbonyl (C=O) groups is 1. The van der Waals surface area contributed by atoms with Crippen molar-refractivity contribution in [1.29, 1.82) is 0 Å². The van der Waals surface area contributed by atoms with Gasteiger partial charge in [0, 0.05) is 25.6 Å². The van der Waals surface area contributed by atoms with Crippen LogP contribution >= 0.6 is 0 Å². The second kappa shape index (κ2) is 4.52. The van der Waals surface area contributed by atoms with Crippen molar-refractivity contribution in [3.8, 4) is 0 Å². The van der Waals surface area contributed by atoms with Gasteiger partial charge in [0.05, 0.1) is 0 Å². The van der Waals surface area contributed by atoms with Crippen LogP contribution in [0.3, 0.4) is 0 Å². The molecule has 0 aromatic carbocycles. The molecule has 0 radical (unpaired) electrons. The number of nitrogens with zero attached hydrogens (tertiary/aromatic N) is 1. The fourth-order valence-corrected chi connectivity index (χ4v) is 3.24. The van der Waals surface area contributed by atoms with E-state index in [9.17, 15) is 4.79 Å². The molecule has 1 amide bonds. The number of hydrogen-bond donors (Lipinski definition) is 1. The van der Waals surface area contributed by atoms with E-state index in [4.69, 9.17) is 5.73 Å². The largest absolute Gasteiger partial charge is 0.338 e. The first-order valence-electron chi connectivity index (χ1n) is 6.23. The summed E-state index contributed by atoms with van der Waals surface area (Å²) < 4.78 is 0. The average molecular weight is 210 g/mol. The minimum atomic E-state index is 0.200. The number of nitrogens with two attached hydrogens (primary N) is 1. The minimum Gasteiger partial charge on any atom is -0.338 e. The van der Waals surface area contributed by atoms with E-state index in [1.165, 1.54) is 25.7 Å². The van der Waals surface area contributed by atoms with Crippen LogP contribution in [0.15, 0.2) is 0 Å². The molecule has 2 unspecified atom stereocenters. The fourth-order valence-electron chi connectivity index (χ4n) is 3.24. The normalized spacial score (nSPS) is 29.7. The van der Waals surface area contributed by atoms with Crippen LogP contribution in [0.5, 0.6) is 0 Å². The lowest BCUT2D eigenvalue weighted by Gasteiger charge is -2.32.